The summed E-state index contributed by atoms with van der Waals surface area (Å²) in [5.74, 6) is 8.22. The van der Waals surface area contributed by atoms with E-state index in [-0.39, 0.29) is 26.1 Å². The number of hydrogen-bond donors (Lipinski definition) is 2. The van der Waals surface area contributed by atoms with Crippen LogP contribution in [0.3, 0.4) is 0 Å². The molecule has 40 heavy (non-hydrogen) atoms. The molecule has 2 aliphatic rings. The number of carbonyl (C=O) groups excluding carboxylic acids is 2. The molecule has 0 aliphatic carbocycles. The lowest BCUT2D eigenvalue weighted by Crippen LogP contribution is -2.36. The lowest BCUT2D eigenvalue weighted by Gasteiger charge is -2.29. The fourth-order valence-electron chi connectivity index (χ4n) is 4.04. The molecule has 2 N–H and O–H groups in total. The first-order chi connectivity index (χ1) is 19.1. The van der Waals surface area contributed by atoms with Gasteiger partial charge in [-0.2, -0.15) is 0 Å². The largest absolute Gasteiger partial charge is 0.481 e. The Morgan fingerprint density at radius 3 is 1.40 bits per heavy atom. The predicted molar refractivity (Wildman–Crippen MR) is 141 cm³/mol. The van der Waals surface area contributed by atoms with Gasteiger partial charge in [0.2, 0.25) is 0 Å². The van der Waals surface area contributed by atoms with Crippen molar-refractivity contribution in [2.75, 3.05) is 13.2 Å². The molecule has 0 bridgehead atoms. The van der Waals surface area contributed by atoms with Crippen LogP contribution in [0.5, 0.6) is 0 Å². The van der Waals surface area contributed by atoms with Crippen LogP contribution in [0.4, 0.5) is 0 Å². The molecular weight excluding hydrogens is 520 g/mol. The van der Waals surface area contributed by atoms with Gasteiger partial charge in [-0.1, -0.05) is 35.8 Å². The molecule has 2 aliphatic heterocycles. The van der Waals surface area contributed by atoms with E-state index in [0.717, 1.165) is 0 Å². The van der Waals surface area contributed by atoms with Crippen molar-refractivity contribution in [2.24, 2.45) is 11.8 Å². The van der Waals surface area contributed by atoms with Crippen LogP contribution >= 0.6 is 0 Å². The van der Waals surface area contributed by atoms with Crippen molar-refractivity contribution in [1.29, 1.82) is 0 Å². The minimum atomic E-state index is -0.978. The number of hydrogen-bond acceptors (Lipinski definition) is 8. The summed E-state index contributed by atoms with van der Waals surface area (Å²) in [6, 6.07) is 7.16. The Labute approximate surface area is 231 Å². The molecule has 10 nitrogen and oxygen atoms in total. The summed E-state index contributed by atoms with van der Waals surface area (Å²) in [6.45, 7) is 2.42. The van der Waals surface area contributed by atoms with Gasteiger partial charge in [-0.05, 0) is 36.4 Å². The first kappa shape index (κ1) is 30.2. The highest BCUT2D eigenvalue weighted by Crippen LogP contribution is 2.24. The van der Waals surface area contributed by atoms with Crippen molar-refractivity contribution in [3.63, 3.8) is 0 Å². The molecule has 0 fully saturated rings. The highest BCUT2D eigenvalue weighted by atomic mass is 16.6. The monoisotopic (exact) mass is 550 g/mol. The maximum Gasteiger partial charge on any atom is 0.304 e. The van der Waals surface area contributed by atoms with E-state index in [1.165, 1.54) is 13.8 Å². The van der Waals surface area contributed by atoms with Gasteiger partial charge in [0.1, 0.15) is 37.6 Å². The zero-order valence-corrected chi connectivity index (χ0v) is 22.1. The molecule has 0 saturated heterocycles. The number of carboxylic acids is 2. The number of rotatable bonds is 8. The number of aliphatic carboxylic acids is 2. The molecule has 3 unspecified atom stereocenters. The molecule has 2 heterocycles. The van der Waals surface area contributed by atoms with Gasteiger partial charge in [0, 0.05) is 36.8 Å². The van der Waals surface area contributed by atoms with E-state index in [0.29, 0.717) is 11.1 Å². The summed E-state index contributed by atoms with van der Waals surface area (Å²) in [7, 11) is 0. The highest BCUT2D eigenvalue weighted by Gasteiger charge is 2.30. The zero-order valence-electron chi connectivity index (χ0n) is 22.1. The molecule has 0 aromatic heterocycles. The van der Waals surface area contributed by atoms with Gasteiger partial charge >= 0.3 is 23.9 Å². The van der Waals surface area contributed by atoms with Crippen molar-refractivity contribution < 1.29 is 48.3 Å². The van der Waals surface area contributed by atoms with E-state index in [1.54, 1.807) is 48.6 Å². The lowest BCUT2D eigenvalue weighted by atomic mass is 9.95. The molecule has 210 valence electrons. The zero-order chi connectivity index (χ0) is 29.1. The summed E-state index contributed by atoms with van der Waals surface area (Å²) in [5, 5.41) is 18.2. The molecule has 10 heteroatoms. The van der Waals surface area contributed by atoms with Crippen LogP contribution in [0.15, 0.2) is 48.6 Å². The summed E-state index contributed by atoms with van der Waals surface area (Å²) in [6.07, 6.45) is 4.12. The van der Waals surface area contributed by atoms with Gasteiger partial charge in [0.25, 0.3) is 0 Å². The smallest absolute Gasteiger partial charge is 0.304 e. The van der Waals surface area contributed by atoms with Crippen molar-refractivity contribution in [1.82, 2.24) is 0 Å². The fourth-order valence-corrected chi connectivity index (χ4v) is 4.04. The third kappa shape index (κ3) is 10.1. The Morgan fingerprint density at radius 1 is 0.700 bits per heavy atom. The van der Waals surface area contributed by atoms with E-state index in [1.807, 2.05) is 0 Å². The number of benzene rings is 1. The third-order valence-corrected chi connectivity index (χ3v) is 5.99. The average molecular weight is 551 g/mol. The van der Waals surface area contributed by atoms with Gasteiger partial charge in [-0.15, -0.1) is 0 Å². The van der Waals surface area contributed by atoms with Crippen LogP contribution in [0.1, 0.15) is 37.8 Å². The van der Waals surface area contributed by atoms with E-state index in [4.69, 9.17) is 29.2 Å². The minimum absolute atomic E-state index is 0.0617. The summed E-state index contributed by atoms with van der Waals surface area (Å²) < 4.78 is 21.8. The maximum atomic E-state index is 11.2. The van der Waals surface area contributed by atoms with E-state index in [2.05, 4.69) is 23.7 Å². The van der Waals surface area contributed by atoms with Gasteiger partial charge in [0.15, 0.2) is 0 Å². The SMILES string of the molecule is CC(=O)OCC1OC(C#Cc2ccc(C#C[C@@H]3C=C[C@H](CC(=O)O)[C@H](COC(C)=O)O3)cc2)C=CC1CC(=O)O. The number of carbonyl (C=O) groups is 4. The summed E-state index contributed by atoms with van der Waals surface area (Å²) in [5.41, 5.74) is 1.41. The van der Waals surface area contributed by atoms with Gasteiger partial charge in [-0.25, -0.2) is 0 Å². The lowest BCUT2D eigenvalue weighted by molar-refractivity contribution is -0.150. The normalized spacial score (nSPS) is 24.9. The standard InChI is InChI=1S/C30H30O10/c1-19(31)37-17-27-23(15-29(33)34)9-13-25(39-27)11-7-21-3-5-22(6-4-21)8-12-26-14-10-24(16-30(35)36)28(40-26)18-38-20(2)32/h3-6,9-10,13-14,23-28H,15-18H2,1-2H3,(H,33,34)(H,35,36)/t23-,24?,25-,26?,27+,28?/m1/s1. The maximum absolute atomic E-state index is 11.2. The van der Waals surface area contributed by atoms with Crippen LogP contribution in [0.2, 0.25) is 0 Å². The van der Waals surface area contributed by atoms with Gasteiger partial charge < -0.3 is 29.2 Å². The second-order valence-electron chi connectivity index (χ2n) is 9.20. The summed E-state index contributed by atoms with van der Waals surface area (Å²) >= 11 is 0. The van der Waals surface area contributed by atoms with Crippen molar-refractivity contribution in [2.45, 2.75) is 51.1 Å². The quantitative estimate of drug-likeness (QED) is 0.281. The van der Waals surface area contributed by atoms with Crippen LogP contribution < -0.4 is 0 Å². The fraction of sp³-hybridized carbons (Fsp3) is 0.400. The first-order valence-corrected chi connectivity index (χ1v) is 12.6. The Hall–Kier alpha value is -4.38. The van der Waals surface area contributed by atoms with Gasteiger partial charge in [0.05, 0.1) is 12.8 Å². The third-order valence-electron chi connectivity index (χ3n) is 5.99. The first-order valence-electron chi connectivity index (χ1n) is 12.6. The van der Waals surface area contributed by atoms with Crippen LogP contribution in [0, 0.1) is 35.5 Å². The average Bonchev–Trinajstić information content (AvgIpc) is 2.90. The second kappa shape index (κ2) is 14.7. The van der Waals surface area contributed by atoms with E-state index >= 15 is 0 Å². The molecular formula is C30H30O10. The molecule has 6 atom stereocenters. The predicted octanol–water partition coefficient (Wildman–Crippen LogP) is 2.34. The topological polar surface area (TPSA) is 146 Å². The molecule has 0 spiro atoms. The van der Waals surface area contributed by atoms with Gasteiger partial charge in [-0.3, -0.25) is 19.2 Å². The van der Waals surface area contributed by atoms with Crippen molar-refractivity contribution in [3.8, 4) is 23.7 Å². The second-order valence-corrected chi connectivity index (χ2v) is 9.20. The Morgan fingerprint density at radius 2 is 1.07 bits per heavy atom. The Kier molecular flexibility index (Phi) is 11.1. The van der Waals surface area contributed by atoms with E-state index in [9.17, 15) is 19.2 Å². The molecule has 0 amide bonds. The number of esters is 2. The molecule has 1 aromatic carbocycles. The van der Waals surface area contributed by atoms with Crippen LogP contribution in [0.25, 0.3) is 0 Å². The molecule has 0 radical (unpaired) electrons. The Bertz CT molecular complexity index is 1170. The van der Waals surface area contributed by atoms with E-state index < -0.39 is 60.1 Å². The summed E-state index contributed by atoms with van der Waals surface area (Å²) in [4.78, 5) is 44.6. The van der Waals surface area contributed by atoms with Crippen LogP contribution in [-0.2, 0) is 38.1 Å². The molecule has 3 rings (SSSR count). The molecule has 1 aromatic rings. The number of ether oxygens (including phenoxy) is 4. The Balaban J connectivity index is 1.63. The highest BCUT2D eigenvalue weighted by molar-refractivity contribution is 5.68. The van der Waals surface area contributed by atoms with Crippen molar-refractivity contribution >= 4 is 23.9 Å². The minimum Gasteiger partial charge on any atom is -0.481 e. The van der Waals surface area contributed by atoms with Crippen molar-refractivity contribution in [3.05, 3.63) is 59.7 Å². The van der Waals surface area contributed by atoms with Crippen LogP contribution in [-0.4, -0.2) is 71.7 Å². The molecule has 0 saturated carbocycles. The number of carboxylic acid groups (broad SMARTS) is 2.